The van der Waals surface area contributed by atoms with E-state index in [0.29, 0.717) is 34.6 Å². The summed E-state index contributed by atoms with van der Waals surface area (Å²) in [6, 6.07) is 24.2. The maximum atomic E-state index is 13.3. The molecule has 0 aliphatic heterocycles. The van der Waals surface area contributed by atoms with Gasteiger partial charge in [0.2, 0.25) is 5.76 Å². The fraction of sp³-hybridized carbons (Fsp3) is 0.200. The Hall–Kier alpha value is -4.92. The van der Waals surface area contributed by atoms with Crippen molar-refractivity contribution in [1.82, 2.24) is 10.5 Å². The zero-order valence-electron chi connectivity index (χ0n) is 21.9. The summed E-state index contributed by atoms with van der Waals surface area (Å²) in [6.07, 6.45) is 0.409. The molecule has 0 aliphatic rings. The van der Waals surface area contributed by atoms with Gasteiger partial charge in [0.1, 0.15) is 11.7 Å². The van der Waals surface area contributed by atoms with Crippen LogP contribution in [0.3, 0.4) is 0 Å². The zero-order chi connectivity index (χ0) is 27.8. The normalized spacial score (nSPS) is 11.5. The molecular weight excluding hydrogens is 496 g/mol. The van der Waals surface area contributed by atoms with Crippen LogP contribution >= 0.6 is 0 Å². The molecule has 9 nitrogen and oxygen atoms in total. The molecule has 0 spiro atoms. The molecule has 4 aromatic rings. The molecule has 0 saturated heterocycles. The molecular formula is C30H30N4O5. The standard InChI is InChI=1S/C30H30N4O5/c1-19(2)18-24(29(36)38-3)33-28(35)27-25(20-10-6-4-7-11-20)26(34-39-27)21-14-16-23(17-15-21)32-30(37)31-22-12-8-5-9-13-22/h4-17,19,24H,18H2,1-3H3,(H,33,35)(H2,31,32,37)/t24-/m0/s1. The number of hydrogen-bond acceptors (Lipinski definition) is 6. The van der Waals surface area contributed by atoms with Gasteiger partial charge in [0.25, 0.3) is 5.91 Å². The van der Waals surface area contributed by atoms with Gasteiger partial charge in [0.15, 0.2) is 0 Å². The lowest BCUT2D eigenvalue weighted by Crippen LogP contribution is -2.42. The van der Waals surface area contributed by atoms with Gasteiger partial charge in [-0.3, -0.25) is 4.79 Å². The van der Waals surface area contributed by atoms with E-state index >= 15 is 0 Å². The Balaban J connectivity index is 1.60. The molecule has 0 aliphatic carbocycles. The van der Waals surface area contributed by atoms with E-state index in [-0.39, 0.29) is 17.7 Å². The van der Waals surface area contributed by atoms with Crippen LogP contribution in [0.25, 0.3) is 22.4 Å². The zero-order valence-corrected chi connectivity index (χ0v) is 21.9. The number of carbonyl (C=O) groups is 3. The number of nitrogens with one attached hydrogen (secondary N) is 3. The second kappa shape index (κ2) is 12.6. The van der Waals surface area contributed by atoms with Crippen molar-refractivity contribution in [2.75, 3.05) is 17.7 Å². The molecule has 0 unspecified atom stereocenters. The second-order valence-corrected chi connectivity index (χ2v) is 9.30. The molecule has 0 radical (unpaired) electrons. The van der Waals surface area contributed by atoms with Crippen molar-refractivity contribution >= 4 is 29.3 Å². The Morgan fingerprint density at radius 2 is 1.41 bits per heavy atom. The van der Waals surface area contributed by atoms with E-state index in [2.05, 4.69) is 21.1 Å². The van der Waals surface area contributed by atoms with Crippen LogP contribution in [0, 0.1) is 5.92 Å². The highest BCUT2D eigenvalue weighted by Gasteiger charge is 2.29. The van der Waals surface area contributed by atoms with Crippen molar-refractivity contribution in [2.24, 2.45) is 5.92 Å². The van der Waals surface area contributed by atoms with Crippen LogP contribution in [-0.4, -0.2) is 36.2 Å². The number of methoxy groups -OCH3 is 1. The topological polar surface area (TPSA) is 123 Å². The summed E-state index contributed by atoms with van der Waals surface area (Å²) in [5, 5.41) is 12.5. The van der Waals surface area contributed by atoms with Crippen molar-refractivity contribution in [3.63, 3.8) is 0 Å². The van der Waals surface area contributed by atoms with Crippen molar-refractivity contribution < 1.29 is 23.6 Å². The average molecular weight is 527 g/mol. The van der Waals surface area contributed by atoms with Gasteiger partial charge in [-0.15, -0.1) is 0 Å². The Bertz CT molecular complexity index is 1420. The number of amides is 3. The number of anilines is 2. The van der Waals surface area contributed by atoms with Gasteiger partial charge in [-0.05, 0) is 42.2 Å². The molecule has 9 heteroatoms. The minimum absolute atomic E-state index is 0.0155. The van der Waals surface area contributed by atoms with Crippen LogP contribution in [0.5, 0.6) is 0 Å². The van der Waals surface area contributed by atoms with Crippen molar-refractivity contribution in [3.8, 4) is 22.4 Å². The van der Waals surface area contributed by atoms with Gasteiger partial charge in [-0.25, -0.2) is 9.59 Å². The highest BCUT2D eigenvalue weighted by atomic mass is 16.5. The van der Waals surface area contributed by atoms with Crippen LogP contribution in [0.4, 0.5) is 16.2 Å². The van der Waals surface area contributed by atoms with E-state index in [1.807, 2.05) is 62.4 Å². The molecule has 1 heterocycles. The first-order valence-electron chi connectivity index (χ1n) is 12.5. The lowest BCUT2D eigenvalue weighted by atomic mass is 9.98. The predicted molar refractivity (Wildman–Crippen MR) is 149 cm³/mol. The van der Waals surface area contributed by atoms with E-state index in [1.165, 1.54) is 7.11 Å². The Labute approximate surface area is 226 Å². The number of urea groups is 1. The summed E-state index contributed by atoms with van der Waals surface area (Å²) in [4.78, 5) is 38.0. The number of hydrogen-bond donors (Lipinski definition) is 3. The number of para-hydroxylation sites is 1. The third kappa shape index (κ3) is 6.89. The number of rotatable bonds is 9. The van der Waals surface area contributed by atoms with Crippen molar-refractivity contribution in [3.05, 3.63) is 90.7 Å². The quantitative estimate of drug-likeness (QED) is 0.231. The second-order valence-electron chi connectivity index (χ2n) is 9.30. The lowest BCUT2D eigenvalue weighted by molar-refractivity contribution is -0.143. The fourth-order valence-electron chi connectivity index (χ4n) is 4.09. The Morgan fingerprint density at radius 3 is 2.00 bits per heavy atom. The summed E-state index contributed by atoms with van der Waals surface area (Å²) < 4.78 is 10.4. The summed E-state index contributed by atoms with van der Waals surface area (Å²) in [5.74, 6) is -0.967. The maximum Gasteiger partial charge on any atom is 0.328 e. The SMILES string of the molecule is COC(=O)[C@H](CC(C)C)NC(=O)c1onc(-c2ccc(NC(=O)Nc3ccccc3)cc2)c1-c1ccccc1. The minimum Gasteiger partial charge on any atom is -0.467 e. The first-order chi connectivity index (χ1) is 18.9. The molecule has 4 rings (SSSR count). The van der Waals surface area contributed by atoms with Gasteiger partial charge in [0, 0.05) is 16.9 Å². The summed E-state index contributed by atoms with van der Waals surface area (Å²) in [5.41, 5.74) is 3.59. The molecule has 0 bridgehead atoms. The van der Waals surface area contributed by atoms with Crippen LogP contribution in [0.1, 0.15) is 30.8 Å². The highest BCUT2D eigenvalue weighted by molar-refractivity contribution is 6.03. The number of nitrogens with zero attached hydrogens (tertiary/aromatic N) is 1. The third-order valence-corrected chi connectivity index (χ3v) is 5.91. The minimum atomic E-state index is -0.827. The average Bonchev–Trinajstić information content (AvgIpc) is 3.39. The smallest absolute Gasteiger partial charge is 0.328 e. The van der Waals surface area contributed by atoms with E-state index in [0.717, 1.165) is 5.56 Å². The molecule has 1 aromatic heterocycles. The van der Waals surface area contributed by atoms with Crippen LogP contribution in [-0.2, 0) is 9.53 Å². The van der Waals surface area contributed by atoms with E-state index in [4.69, 9.17) is 9.26 Å². The number of ether oxygens (including phenoxy) is 1. The highest BCUT2D eigenvalue weighted by Crippen LogP contribution is 2.35. The van der Waals surface area contributed by atoms with Gasteiger partial charge in [0.05, 0.1) is 12.7 Å². The lowest BCUT2D eigenvalue weighted by Gasteiger charge is -2.17. The monoisotopic (exact) mass is 526 g/mol. The molecule has 1 atom stereocenters. The van der Waals surface area contributed by atoms with Crippen LogP contribution in [0.15, 0.2) is 89.5 Å². The number of benzene rings is 3. The number of esters is 1. The number of aromatic nitrogens is 1. The fourth-order valence-corrected chi connectivity index (χ4v) is 4.09. The molecule has 0 fully saturated rings. The maximum absolute atomic E-state index is 13.3. The molecule has 0 saturated carbocycles. The Morgan fingerprint density at radius 1 is 0.821 bits per heavy atom. The van der Waals surface area contributed by atoms with E-state index in [9.17, 15) is 14.4 Å². The van der Waals surface area contributed by atoms with Gasteiger partial charge < -0.3 is 25.2 Å². The van der Waals surface area contributed by atoms with E-state index < -0.39 is 17.9 Å². The van der Waals surface area contributed by atoms with Crippen LogP contribution in [0.2, 0.25) is 0 Å². The molecule has 3 amide bonds. The van der Waals surface area contributed by atoms with Gasteiger partial charge in [-0.2, -0.15) is 0 Å². The van der Waals surface area contributed by atoms with Gasteiger partial charge >= 0.3 is 12.0 Å². The molecule has 3 aromatic carbocycles. The van der Waals surface area contributed by atoms with Crippen LogP contribution < -0.4 is 16.0 Å². The summed E-state index contributed by atoms with van der Waals surface area (Å²) >= 11 is 0. The largest absolute Gasteiger partial charge is 0.467 e. The first kappa shape index (κ1) is 27.1. The molecule has 200 valence electrons. The first-order valence-corrected chi connectivity index (χ1v) is 12.5. The predicted octanol–water partition coefficient (Wildman–Crippen LogP) is 5.97. The Kier molecular flexibility index (Phi) is 8.73. The molecule has 39 heavy (non-hydrogen) atoms. The van der Waals surface area contributed by atoms with Crippen molar-refractivity contribution in [2.45, 2.75) is 26.3 Å². The summed E-state index contributed by atoms with van der Waals surface area (Å²) in [7, 11) is 1.29. The van der Waals surface area contributed by atoms with Gasteiger partial charge in [-0.1, -0.05) is 79.7 Å². The third-order valence-electron chi connectivity index (χ3n) is 5.91. The number of carbonyl (C=O) groups excluding carboxylic acids is 3. The summed E-state index contributed by atoms with van der Waals surface area (Å²) in [6.45, 7) is 3.90. The molecule has 3 N–H and O–H groups in total. The van der Waals surface area contributed by atoms with Crippen molar-refractivity contribution in [1.29, 1.82) is 0 Å². The van der Waals surface area contributed by atoms with E-state index in [1.54, 1.807) is 36.4 Å².